The molecule has 0 aromatic heterocycles. The van der Waals surface area contributed by atoms with Gasteiger partial charge >= 0.3 is 0 Å². The van der Waals surface area contributed by atoms with Gasteiger partial charge in [-0.3, -0.25) is 19.0 Å². The number of nitrogens with one attached hydrogen (secondary N) is 4. The van der Waals surface area contributed by atoms with Crippen LogP contribution in [0.1, 0.15) is 0 Å². The number of benzene rings is 4. The Hall–Kier alpha value is -3.78. The van der Waals surface area contributed by atoms with Crippen molar-refractivity contribution in [3.63, 3.8) is 0 Å². The van der Waals surface area contributed by atoms with Crippen LogP contribution in [-0.4, -0.2) is 28.6 Å². The lowest BCUT2D eigenvalue weighted by molar-refractivity contribution is -0.122. The Morgan fingerprint density at radius 3 is 1.28 bits per heavy atom. The van der Waals surface area contributed by atoms with Gasteiger partial charge in [0.05, 0.1) is 43.3 Å². The Kier molecular flexibility index (Phi) is 9.60. The van der Waals surface area contributed by atoms with E-state index in [1.807, 2.05) is 0 Å². The topological polar surface area (TPSA) is 151 Å². The smallest absolute Gasteiger partial charge is 0.263 e. The molecule has 0 radical (unpaired) electrons. The summed E-state index contributed by atoms with van der Waals surface area (Å²) in [7, 11) is -8.20. The summed E-state index contributed by atoms with van der Waals surface area (Å²) in [6.07, 6.45) is 0. The second kappa shape index (κ2) is 13.1. The molecule has 2 unspecified atom stereocenters. The lowest BCUT2D eigenvalue weighted by atomic mass is 10.2. The molecule has 10 nitrogen and oxygen atoms in total. The predicted octanol–water partition coefficient (Wildman–Crippen LogP) is 7.28. The first-order valence-electron chi connectivity index (χ1n) is 13.1. The Labute approximate surface area is 284 Å². The molecule has 238 valence electrons. The van der Waals surface area contributed by atoms with Crippen molar-refractivity contribution in [2.24, 2.45) is 11.8 Å². The summed E-state index contributed by atoms with van der Waals surface area (Å²) in [5, 5.41) is 5.30. The number of para-hydroxylation sites is 2. The number of amides is 2. The number of rotatable bonds is 10. The van der Waals surface area contributed by atoms with E-state index in [-0.39, 0.29) is 52.6 Å². The number of carbonyl (C=O) groups is 2. The van der Waals surface area contributed by atoms with Crippen LogP contribution in [0.15, 0.2) is 107 Å². The molecule has 1 aliphatic rings. The zero-order chi connectivity index (χ0) is 33.4. The quantitative estimate of drug-likeness (QED) is 0.126. The average Bonchev–Trinajstić information content (AvgIpc) is 3.66. The highest BCUT2D eigenvalue weighted by molar-refractivity contribution is 7.93. The molecule has 1 aliphatic carbocycles. The molecule has 46 heavy (non-hydrogen) atoms. The van der Waals surface area contributed by atoms with Gasteiger partial charge in [-0.15, -0.1) is 0 Å². The van der Waals surface area contributed by atoms with Gasteiger partial charge in [-0.2, -0.15) is 0 Å². The second-order valence-corrected chi connectivity index (χ2v) is 14.9. The minimum atomic E-state index is -4.10. The van der Waals surface area contributed by atoms with E-state index < -0.39 is 43.7 Å². The van der Waals surface area contributed by atoms with Crippen molar-refractivity contribution in [3.05, 3.63) is 117 Å². The molecule has 2 amide bonds. The van der Waals surface area contributed by atoms with E-state index in [1.165, 1.54) is 60.7 Å². The Bertz CT molecular complexity index is 1980. The van der Waals surface area contributed by atoms with Crippen molar-refractivity contribution in [2.75, 3.05) is 20.1 Å². The SMILES string of the molecule is C=C1C(C(=O)Nc2ccc(S(=O)(=O)Nc3ccccc3Cl)c(Cl)c2)C1C(=O)Nc1ccc(S(=O)(=O)Nc2ccccc2Cl)c(Cl)c1. The van der Waals surface area contributed by atoms with Crippen LogP contribution in [-0.2, 0) is 29.6 Å². The lowest BCUT2D eigenvalue weighted by Crippen LogP contribution is -2.21. The Morgan fingerprint density at radius 2 is 0.935 bits per heavy atom. The van der Waals surface area contributed by atoms with Crippen LogP contribution in [0.2, 0.25) is 20.1 Å². The molecule has 1 fully saturated rings. The molecule has 1 saturated carbocycles. The molecule has 4 aromatic rings. The highest BCUT2D eigenvalue weighted by Gasteiger charge is 2.52. The first kappa shape index (κ1) is 33.6. The van der Waals surface area contributed by atoms with Gasteiger partial charge in [0.15, 0.2) is 0 Å². The van der Waals surface area contributed by atoms with Gasteiger partial charge in [0.1, 0.15) is 9.79 Å². The molecule has 0 heterocycles. The van der Waals surface area contributed by atoms with Gasteiger partial charge < -0.3 is 10.6 Å². The number of hydrogen-bond donors (Lipinski definition) is 4. The monoisotopic (exact) mass is 738 g/mol. The van der Waals surface area contributed by atoms with E-state index >= 15 is 0 Å². The van der Waals surface area contributed by atoms with Crippen LogP contribution in [0.5, 0.6) is 0 Å². The van der Waals surface area contributed by atoms with E-state index in [1.54, 1.807) is 24.3 Å². The van der Waals surface area contributed by atoms with Gasteiger partial charge in [0, 0.05) is 11.4 Å². The number of halogens is 4. The summed E-state index contributed by atoms with van der Waals surface area (Å²) in [5.41, 5.74) is 1.07. The molecule has 0 aliphatic heterocycles. The minimum absolute atomic E-state index is 0.161. The van der Waals surface area contributed by atoms with Crippen molar-refractivity contribution in [1.82, 2.24) is 0 Å². The highest BCUT2D eigenvalue weighted by Crippen LogP contribution is 2.46. The van der Waals surface area contributed by atoms with E-state index in [2.05, 4.69) is 26.7 Å². The molecule has 5 rings (SSSR count). The maximum Gasteiger partial charge on any atom is 0.263 e. The first-order valence-corrected chi connectivity index (χ1v) is 17.6. The Balaban J connectivity index is 1.21. The molecule has 0 bridgehead atoms. The summed E-state index contributed by atoms with van der Waals surface area (Å²) in [6, 6.07) is 20.2. The third kappa shape index (κ3) is 7.27. The molecule has 0 saturated heterocycles. The van der Waals surface area contributed by atoms with E-state index in [0.717, 1.165) is 0 Å². The average molecular weight is 740 g/mol. The number of anilines is 4. The fourth-order valence-corrected chi connectivity index (χ4v) is 8.20. The summed E-state index contributed by atoms with van der Waals surface area (Å²) in [4.78, 5) is 25.4. The predicted molar refractivity (Wildman–Crippen MR) is 181 cm³/mol. The highest BCUT2D eigenvalue weighted by atomic mass is 35.5. The summed E-state index contributed by atoms with van der Waals surface area (Å²) >= 11 is 24.6. The molecule has 0 spiro atoms. The van der Waals surface area contributed by atoms with Crippen LogP contribution < -0.4 is 20.1 Å². The third-order valence-electron chi connectivity index (χ3n) is 6.80. The van der Waals surface area contributed by atoms with Crippen LogP contribution in [0.25, 0.3) is 0 Å². The zero-order valence-corrected chi connectivity index (χ0v) is 27.9. The lowest BCUT2D eigenvalue weighted by Gasteiger charge is -2.12. The fourth-order valence-electron chi connectivity index (χ4n) is 4.47. The number of sulfonamides is 2. The molecule has 2 atom stereocenters. The van der Waals surface area contributed by atoms with Gasteiger partial charge in [0.2, 0.25) is 11.8 Å². The maximum absolute atomic E-state index is 13.0. The largest absolute Gasteiger partial charge is 0.325 e. The number of carbonyl (C=O) groups excluding carboxylic acids is 2. The van der Waals surface area contributed by atoms with E-state index in [9.17, 15) is 26.4 Å². The van der Waals surface area contributed by atoms with Crippen LogP contribution in [0.4, 0.5) is 22.7 Å². The van der Waals surface area contributed by atoms with Crippen molar-refractivity contribution in [1.29, 1.82) is 0 Å². The summed E-state index contributed by atoms with van der Waals surface area (Å²) in [6.45, 7) is 3.81. The summed E-state index contributed by atoms with van der Waals surface area (Å²) < 4.78 is 56.2. The normalized spacial score (nSPS) is 16.0. The number of hydrogen-bond acceptors (Lipinski definition) is 6. The third-order valence-corrected chi connectivity index (χ3v) is 11.2. The van der Waals surface area contributed by atoms with Crippen molar-refractivity contribution < 1.29 is 26.4 Å². The first-order chi connectivity index (χ1) is 21.7. The Morgan fingerprint density at radius 1 is 0.565 bits per heavy atom. The van der Waals surface area contributed by atoms with Gasteiger partial charge in [-0.1, -0.05) is 82.8 Å². The minimum Gasteiger partial charge on any atom is -0.325 e. The molecular weight excluding hydrogens is 718 g/mol. The maximum atomic E-state index is 13.0. The van der Waals surface area contributed by atoms with Gasteiger partial charge in [-0.05, 0) is 60.7 Å². The van der Waals surface area contributed by atoms with E-state index in [0.29, 0.717) is 5.57 Å². The zero-order valence-electron chi connectivity index (χ0n) is 23.2. The fraction of sp³-hybridized carbons (Fsp3) is 0.0667. The van der Waals surface area contributed by atoms with Crippen LogP contribution >= 0.6 is 46.4 Å². The van der Waals surface area contributed by atoms with Crippen molar-refractivity contribution >= 4 is 101 Å². The van der Waals surface area contributed by atoms with E-state index in [4.69, 9.17) is 46.4 Å². The molecular formula is C30H22Cl4N4O6S2. The van der Waals surface area contributed by atoms with Gasteiger partial charge in [0.25, 0.3) is 20.0 Å². The van der Waals surface area contributed by atoms with Crippen molar-refractivity contribution in [3.8, 4) is 0 Å². The molecule has 4 aromatic carbocycles. The van der Waals surface area contributed by atoms with Gasteiger partial charge in [-0.25, -0.2) is 16.8 Å². The summed E-state index contributed by atoms with van der Waals surface area (Å²) in [5.74, 6) is -2.87. The van der Waals surface area contributed by atoms with Crippen molar-refractivity contribution in [2.45, 2.75) is 9.79 Å². The van der Waals surface area contributed by atoms with Crippen LogP contribution in [0, 0.1) is 11.8 Å². The standard InChI is InChI=1S/C30H22Cl4N4O6S2/c1-16-27(29(39)35-17-10-12-25(21(33)14-17)45(41,42)37-23-8-4-2-6-19(23)31)28(16)30(40)36-18-11-13-26(22(34)15-18)46(43,44)38-24-9-5-3-7-20(24)32/h2-15,27-28,37-38H,1H2,(H,35,39)(H,36,40). The molecule has 4 N–H and O–H groups in total. The second-order valence-electron chi connectivity index (χ2n) is 9.97. The molecule has 16 heteroatoms. The van der Waals surface area contributed by atoms with Crippen LogP contribution in [0.3, 0.4) is 0 Å².